The Balaban J connectivity index is 1.37. The molecule has 1 heterocycles. The molecule has 3 aromatic carbocycles. The molecule has 42 heavy (non-hydrogen) atoms. The number of benzene rings is 3. The summed E-state index contributed by atoms with van der Waals surface area (Å²) in [5.74, 6) is -0.615. The van der Waals surface area contributed by atoms with E-state index in [0.717, 1.165) is 22.4 Å². The van der Waals surface area contributed by atoms with Gasteiger partial charge in [-0.2, -0.15) is 0 Å². The molecule has 1 aliphatic rings. The predicted molar refractivity (Wildman–Crippen MR) is 164 cm³/mol. The highest BCUT2D eigenvalue weighted by Gasteiger charge is 2.26. The van der Waals surface area contributed by atoms with Crippen molar-refractivity contribution < 1.29 is 23.9 Å². The Morgan fingerprint density at radius 3 is 2.43 bits per heavy atom. The average Bonchev–Trinajstić information content (AvgIpc) is 2.97. The number of amides is 1. The molecule has 1 aliphatic heterocycles. The Morgan fingerprint density at radius 1 is 1.05 bits per heavy atom. The van der Waals surface area contributed by atoms with Gasteiger partial charge in [0.15, 0.2) is 0 Å². The highest BCUT2D eigenvalue weighted by Crippen LogP contribution is 2.33. The molecule has 0 aliphatic carbocycles. The zero-order valence-electron chi connectivity index (χ0n) is 23.1. The SMILES string of the molecule is COC(=O)[C@H](CCC(=O)CCN1CCOc2ccc(CC(=N)N)cc21)NC(=O)c1c(Cl)cc(-c2ccccc2)cc1Cl. The van der Waals surface area contributed by atoms with E-state index in [2.05, 4.69) is 10.2 Å². The van der Waals surface area contributed by atoms with Crippen molar-refractivity contribution in [3.05, 3.63) is 81.8 Å². The first-order valence-corrected chi connectivity index (χ1v) is 14.2. The van der Waals surface area contributed by atoms with E-state index in [4.69, 9.17) is 43.8 Å². The van der Waals surface area contributed by atoms with E-state index in [1.54, 1.807) is 12.1 Å². The number of methoxy groups -OCH3 is 1. The lowest BCUT2D eigenvalue weighted by atomic mass is 10.0. The van der Waals surface area contributed by atoms with Crippen molar-refractivity contribution in [2.24, 2.45) is 5.73 Å². The second-order valence-corrected chi connectivity index (χ2v) is 10.7. The van der Waals surface area contributed by atoms with Crippen LogP contribution < -0.4 is 20.7 Å². The topological polar surface area (TPSA) is 135 Å². The Hall–Kier alpha value is -4.08. The fourth-order valence-corrected chi connectivity index (χ4v) is 5.44. The summed E-state index contributed by atoms with van der Waals surface area (Å²) in [6, 6.07) is 17.3. The van der Waals surface area contributed by atoms with Crippen LogP contribution in [-0.2, 0) is 20.7 Å². The number of Topliss-reactive ketones (excluding diaryl/α,β-unsaturated/α-hetero) is 1. The van der Waals surface area contributed by atoms with Gasteiger partial charge in [0.1, 0.15) is 24.2 Å². The number of amidine groups is 1. The van der Waals surface area contributed by atoms with Gasteiger partial charge in [0.2, 0.25) is 0 Å². The van der Waals surface area contributed by atoms with E-state index < -0.39 is 17.9 Å². The molecule has 0 aromatic heterocycles. The van der Waals surface area contributed by atoms with Crippen molar-refractivity contribution in [3.8, 4) is 16.9 Å². The van der Waals surface area contributed by atoms with E-state index in [1.807, 2.05) is 48.5 Å². The van der Waals surface area contributed by atoms with Gasteiger partial charge in [-0.1, -0.05) is 59.6 Å². The van der Waals surface area contributed by atoms with Gasteiger partial charge in [-0.15, -0.1) is 0 Å². The molecule has 9 nitrogen and oxygen atoms in total. The highest BCUT2D eigenvalue weighted by molar-refractivity contribution is 6.40. The van der Waals surface area contributed by atoms with Crippen LogP contribution in [0.5, 0.6) is 5.75 Å². The fourth-order valence-electron chi connectivity index (χ4n) is 4.78. The number of fused-ring (bicyclic) bond motifs is 1. The summed E-state index contributed by atoms with van der Waals surface area (Å²) in [6.45, 7) is 1.54. The number of hydrogen-bond donors (Lipinski definition) is 3. The predicted octanol–water partition coefficient (Wildman–Crippen LogP) is 5.05. The minimum atomic E-state index is -1.06. The molecule has 0 unspecified atom stereocenters. The summed E-state index contributed by atoms with van der Waals surface area (Å²) in [6.07, 6.45) is 0.665. The van der Waals surface area contributed by atoms with Crippen molar-refractivity contribution in [1.29, 1.82) is 5.41 Å². The molecular weight excluding hydrogens is 579 g/mol. The summed E-state index contributed by atoms with van der Waals surface area (Å²) >= 11 is 12.9. The van der Waals surface area contributed by atoms with Crippen LogP contribution in [0.25, 0.3) is 11.1 Å². The first kappa shape index (κ1) is 30.9. The third kappa shape index (κ3) is 7.80. The maximum absolute atomic E-state index is 13.1. The minimum Gasteiger partial charge on any atom is -0.490 e. The monoisotopic (exact) mass is 610 g/mol. The van der Waals surface area contributed by atoms with E-state index in [9.17, 15) is 14.4 Å². The van der Waals surface area contributed by atoms with E-state index >= 15 is 0 Å². The van der Waals surface area contributed by atoms with Crippen LogP contribution in [0.1, 0.15) is 35.2 Å². The molecule has 1 amide bonds. The fraction of sp³-hybridized carbons (Fsp3) is 0.290. The van der Waals surface area contributed by atoms with Crippen LogP contribution in [-0.4, -0.2) is 56.3 Å². The van der Waals surface area contributed by atoms with Gasteiger partial charge in [-0.3, -0.25) is 15.0 Å². The van der Waals surface area contributed by atoms with E-state index in [-0.39, 0.29) is 46.5 Å². The number of nitrogens with one attached hydrogen (secondary N) is 2. The maximum atomic E-state index is 13.1. The smallest absolute Gasteiger partial charge is 0.328 e. The minimum absolute atomic E-state index is 0.0355. The van der Waals surface area contributed by atoms with Gasteiger partial charge in [-0.25, -0.2) is 4.79 Å². The van der Waals surface area contributed by atoms with Crippen LogP contribution in [0, 0.1) is 5.41 Å². The first-order chi connectivity index (χ1) is 20.2. The molecular formula is C31H32Cl2N4O5. The molecule has 0 spiro atoms. The molecule has 0 radical (unpaired) electrons. The van der Waals surface area contributed by atoms with Gasteiger partial charge < -0.3 is 25.4 Å². The molecule has 0 saturated carbocycles. The number of nitrogens with zero attached hydrogens (tertiary/aromatic N) is 1. The Bertz CT molecular complexity index is 1460. The first-order valence-electron chi connectivity index (χ1n) is 13.4. The number of esters is 1. The van der Waals surface area contributed by atoms with Crippen LogP contribution in [0.4, 0.5) is 5.69 Å². The summed E-state index contributed by atoms with van der Waals surface area (Å²) in [7, 11) is 1.22. The lowest BCUT2D eigenvalue weighted by Crippen LogP contribution is -2.42. The van der Waals surface area contributed by atoms with Crippen molar-refractivity contribution in [2.75, 3.05) is 31.7 Å². The van der Waals surface area contributed by atoms with E-state index in [0.29, 0.717) is 31.9 Å². The number of nitrogens with two attached hydrogens (primary N) is 1. The molecule has 0 bridgehead atoms. The van der Waals surface area contributed by atoms with Crippen LogP contribution in [0.15, 0.2) is 60.7 Å². The highest BCUT2D eigenvalue weighted by atomic mass is 35.5. The molecule has 220 valence electrons. The second kappa shape index (κ2) is 14.2. The lowest BCUT2D eigenvalue weighted by Gasteiger charge is -2.31. The number of ketones is 1. The molecule has 3 aromatic rings. The number of carbonyl (C=O) groups excluding carboxylic acids is 3. The van der Waals surface area contributed by atoms with Crippen molar-refractivity contribution in [1.82, 2.24) is 5.32 Å². The van der Waals surface area contributed by atoms with E-state index in [1.165, 1.54) is 7.11 Å². The van der Waals surface area contributed by atoms with Crippen LogP contribution >= 0.6 is 23.2 Å². The largest absolute Gasteiger partial charge is 0.490 e. The van der Waals surface area contributed by atoms with Crippen molar-refractivity contribution >= 4 is 52.4 Å². The maximum Gasteiger partial charge on any atom is 0.328 e. The average molecular weight is 612 g/mol. The molecule has 11 heteroatoms. The Labute approximate surface area is 254 Å². The van der Waals surface area contributed by atoms with Gasteiger partial charge in [0.05, 0.1) is 40.8 Å². The second-order valence-electron chi connectivity index (χ2n) is 9.90. The Morgan fingerprint density at radius 2 is 1.76 bits per heavy atom. The van der Waals surface area contributed by atoms with Gasteiger partial charge in [-0.05, 0) is 47.4 Å². The van der Waals surface area contributed by atoms with Crippen molar-refractivity contribution in [2.45, 2.75) is 31.7 Å². The normalized spacial score (nSPS) is 13.0. The number of rotatable bonds is 12. The number of hydrogen-bond acceptors (Lipinski definition) is 7. The molecule has 0 fully saturated rings. The molecule has 1 atom stereocenters. The third-order valence-electron chi connectivity index (χ3n) is 6.92. The standard InChI is InChI=1S/C31H32Cl2N4O5/c1-41-31(40)25(36-30(39)29-23(32)17-21(18-24(29)33)20-5-3-2-4-6-20)9-8-22(38)11-12-37-13-14-42-27-10-7-19(15-26(27)37)16-28(34)35/h2-7,10,15,17-18,25H,8-9,11-14,16H2,1H3,(H3,34,35)(H,36,39)/t25-/m0/s1. The number of halogens is 2. The number of ether oxygens (including phenoxy) is 2. The van der Waals surface area contributed by atoms with Gasteiger partial charge in [0, 0.05) is 25.8 Å². The van der Waals surface area contributed by atoms with Crippen molar-refractivity contribution in [3.63, 3.8) is 0 Å². The quantitative estimate of drug-likeness (QED) is 0.148. The molecule has 4 rings (SSSR count). The molecule has 4 N–H and O–H groups in total. The number of anilines is 1. The Kier molecular flexibility index (Phi) is 10.4. The number of carbonyl (C=O) groups is 3. The summed E-state index contributed by atoms with van der Waals surface area (Å²) in [4.78, 5) is 40.5. The summed E-state index contributed by atoms with van der Waals surface area (Å²) in [5.41, 5.74) is 8.95. The van der Waals surface area contributed by atoms with Crippen LogP contribution in [0.3, 0.4) is 0 Å². The van der Waals surface area contributed by atoms with Gasteiger partial charge >= 0.3 is 5.97 Å². The van der Waals surface area contributed by atoms with Gasteiger partial charge in [0.25, 0.3) is 5.91 Å². The lowest BCUT2D eigenvalue weighted by molar-refractivity contribution is -0.143. The third-order valence-corrected chi connectivity index (χ3v) is 7.51. The summed E-state index contributed by atoms with van der Waals surface area (Å²) in [5, 5.41) is 10.5. The zero-order chi connectivity index (χ0) is 30.2. The summed E-state index contributed by atoms with van der Waals surface area (Å²) < 4.78 is 10.6. The molecule has 0 saturated heterocycles. The zero-order valence-corrected chi connectivity index (χ0v) is 24.6. The van der Waals surface area contributed by atoms with Crippen LogP contribution in [0.2, 0.25) is 10.0 Å².